The highest BCUT2D eigenvalue weighted by molar-refractivity contribution is 6.04. The summed E-state index contributed by atoms with van der Waals surface area (Å²) in [5, 5.41) is 11.7. The molecule has 1 atom stereocenters. The number of hydrogen-bond donors (Lipinski definition) is 2. The van der Waals surface area contributed by atoms with Crippen LogP contribution < -0.4 is 11.1 Å². The molecule has 1 aliphatic heterocycles. The molecule has 0 spiro atoms. The standard InChI is InChI=1S/C23H18N4O2/c24-13-15-5-11-19(12-6-15)26-22(28)17-9-7-16(8-10-17)21-20-4-2-1-3-18(20)14-27(21)23(25)29/h1-12,21H,14H2,(H2,25,29)(H,26,28). The van der Waals surface area contributed by atoms with Gasteiger partial charge in [-0.05, 0) is 53.1 Å². The van der Waals surface area contributed by atoms with E-state index in [1.165, 1.54) is 0 Å². The molecule has 1 aliphatic rings. The van der Waals surface area contributed by atoms with Crippen molar-refractivity contribution in [2.45, 2.75) is 12.6 Å². The average Bonchev–Trinajstić information content (AvgIpc) is 3.14. The number of hydrogen-bond acceptors (Lipinski definition) is 3. The number of benzene rings is 3. The first kappa shape index (κ1) is 18.3. The van der Waals surface area contributed by atoms with Crippen molar-refractivity contribution in [3.63, 3.8) is 0 Å². The smallest absolute Gasteiger partial charge is 0.315 e. The van der Waals surface area contributed by atoms with Crippen LogP contribution in [0.3, 0.4) is 0 Å². The van der Waals surface area contributed by atoms with Gasteiger partial charge >= 0.3 is 6.03 Å². The zero-order valence-electron chi connectivity index (χ0n) is 15.5. The summed E-state index contributed by atoms with van der Waals surface area (Å²) in [5.41, 5.74) is 10.2. The van der Waals surface area contributed by atoms with Crippen molar-refractivity contribution in [2.75, 3.05) is 5.32 Å². The molecule has 6 nitrogen and oxygen atoms in total. The Balaban J connectivity index is 1.56. The molecule has 0 bridgehead atoms. The predicted molar refractivity (Wildman–Crippen MR) is 109 cm³/mol. The van der Waals surface area contributed by atoms with Gasteiger partial charge in [0.25, 0.3) is 5.91 Å². The number of fused-ring (bicyclic) bond motifs is 1. The summed E-state index contributed by atoms with van der Waals surface area (Å²) in [4.78, 5) is 26.1. The normalized spacial score (nSPS) is 14.7. The summed E-state index contributed by atoms with van der Waals surface area (Å²) in [6, 6.07) is 23.0. The van der Waals surface area contributed by atoms with Gasteiger partial charge in [-0.15, -0.1) is 0 Å². The Morgan fingerprint density at radius 3 is 2.34 bits per heavy atom. The fraction of sp³-hybridized carbons (Fsp3) is 0.0870. The van der Waals surface area contributed by atoms with Gasteiger partial charge < -0.3 is 16.0 Å². The topological polar surface area (TPSA) is 99.2 Å². The number of carbonyl (C=O) groups is 2. The number of amides is 3. The number of rotatable bonds is 3. The number of carbonyl (C=O) groups excluding carboxylic acids is 2. The van der Waals surface area contributed by atoms with E-state index in [9.17, 15) is 9.59 Å². The molecule has 3 aromatic carbocycles. The lowest BCUT2D eigenvalue weighted by molar-refractivity contribution is 0.102. The molecule has 0 aromatic heterocycles. The quantitative estimate of drug-likeness (QED) is 0.721. The molecule has 29 heavy (non-hydrogen) atoms. The van der Waals surface area contributed by atoms with Crippen molar-refractivity contribution in [3.05, 3.63) is 101 Å². The zero-order valence-corrected chi connectivity index (χ0v) is 15.5. The number of primary amides is 1. The molecule has 6 heteroatoms. The van der Waals surface area contributed by atoms with Crippen LogP contribution in [-0.2, 0) is 6.54 Å². The van der Waals surface area contributed by atoms with Gasteiger partial charge in [0.15, 0.2) is 0 Å². The highest BCUT2D eigenvalue weighted by Crippen LogP contribution is 2.38. The maximum atomic E-state index is 12.5. The molecule has 1 heterocycles. The van der Waals surface area contributed by atoms with Gasteiger partial charge in [-0.25, -0.2) is 4.79 Å². The summed E-state index contributed by atoms with van der Waals surface area (Å²) < 4.78 is 0. The molecule has 3 aromatic rings. The lowest BCUT2D eigenvalue weighted by Crippen LogP contribution is -2.34. The van der Waals surface area contributed by atoms with Crippen LogP contribution in [0.2, 0.25) is 0 Å². The molecule has 1 unspecified atom stereocenters. The van der Waals surface area contributed by atoms with Crippen molar-refractivity contribution in [3.8, 4) is 6.07 Å². The van der Waals surface area contributed by atoms with E-state index in [1.54, 1.807) is 41.3 Å². The van der Waals surface area contributed by atoms with E-state index in [4.69, 9.17) is 11.0 Å². The molecule has 0 saturated heterocycles. The molecule has 0 aliphatic carbocycles. The van der Waals surface area contributed by atoms with Crippen molar-refractivity contribution < 1.29 is 9.59 Å². The van der Waals surface area contributed by atoms with E-state index in [1.807, 2.05) is 42.5 Å². The second-order valence-corrected chi connectivity index (χ2v) is 6.83. The van der Waals surface area contributed by atoms with Crippen LogP contribution >= 0.6 is 0 Å². The minimum atomic E-state index is -0.478. The molecule has 4 rings (SSSR count). The molecule has 0 fully saturated rings. The van der Waals surface area contributed by atoms with Crippen LogP contribution in [0.4, 0.5) is 10.5 Å². The Morgan fingerprint density at radius 1 is 1.00 bits per heavy atom. The monoisotopic (exact) mass is 382 g/mol. The Labute approximate surface area is 168 Å². The van der Waals surface area contributed by atoms with E-state index in [0.29, 0.717) is 23.4 Å². The molecular weight excluding hydrogens is 364 g/mol. The number of nitrogens with two attached hydrogens (primary N) is 1. The summed E-state index contributed by atoms with van der Waals surface area (Å²) in [7, 11) is 0. The van der Waals surface area contributed by atoms with Crippen LogP contribution in [0.25, 0.3) is 0 Å². The van der Waals surface area contributed by atoms with Crippen molar-refractivity contribution in [2.24, 2.45) is 5.73 Å². The van der Waals surface area contributed by atoms with Crippen molar-refractivity contribution >= 4 is 17.6 Å². The van der Waals surface area contributed by atoms with E-state index < -0.39 is 6.03 Å². The fourth-order valence-corrected chi connectivity index (χ4v) is 3.60. The van der Waals surface area contributed by atoms with Gasteiger partial charge in [-0.1, -0.05) is 36.4 Å². The number of anilines is 1. The van der Waals surface area contributed by atoms with Crippen LogP contribution in [0.1, 0.15) is 38.7 Å². The summed E-state index contributed by atoms with van der Waals surface area (Å²) in [5.74, 6) is -0.250. The Bertz CT molecular complexity index is 1110. The third-order valence-electron chi connectivity index (χ3n) is 5.05. The number of nitrogens with zero attached hydrogens (tertiary/aromatic N) is 2. The lowest BCUT2D eigenvalue weighted by Gasteiger charge is -2.24. The van der Waals surface area contributed by atoms with Gasteiger partial charge in [-0.2, -0.15) is 5.26 Å². The molecule has 3 N–H and O–H groups in total. The minimum Gasteiger partial charge on any atom is -0.351 e. The van der Waals surface area contributed by atoms with Crippen LogP contribution in [-0.4, -0.2) is 16.8 Å². The first-order valence-corrected chi connectivity index (χ1v) is 9.12. The zero-order chi connectivity index (χ0) is 20.4. The van der Waals surface area contributed by atoms with E-state index in [0.717, 1.165) is 16.7 Å². The van der Waals surface area contributed by atoms with Crippen molar-refractivity contribution in [1.82, 2.24) is 4.90 Å². The van der Waals surface area contributed by atoms with Gasteiger partial charge in [-0.3, -0.25) is 4.79 Å². The molecule has 3 amide bonds. The summed E-state index contributed by atoms with van der Waals surface area (Å²) in [6.07, 6.45) is 0. The van der Waals surface area contributed by atoms with E-state index in [2.05, 4.69) is 5.32 Å². The number of nitrogens with one attached hydrogen (secondary N) is 1. The highest BCUT2D eigenvalue weighted by atomic mass is 16.2. The van der Waals surface area contributed by atoms with E-state index >= 15 is 0 Å². The predicted octanol–water partition coefficient (Wildman–Crippen LogP) is 3.79. The van der Waals surface area contributed by atoms with Crippen molar-refractivity contribution in [1.29, 1.82) is 5.26 Å². The fourth-order valence-electron chi connectivity index (χ4n) is 3.60. The second-order valence-electron chi connectivity index (χ2n) is 6.83. The minimum absolute atomic E-state index is 0.250. The first-order chi connectivity index (χ1) is 14.1. The Morgan fingerprint density at radius 2 is 1.69 bits per heavy atom. The number of urea groups is 1. The molecular formula is C23H18N4O2. The summed E-state index contributed by atoms with van der Waals surface area (Å²) >= 11 is 0. The van der Waals surface area contributed by atoms with Gasteiger partial charge in [0.05, 0.1) is 17.7 Å². The summed E-state index contributed by atoms with van der Waals surface area (Å²) in [6.45, 7) is 0.469. The third kappa shape index (κ3) is 3.54. The molecule has 0 radical (unpaired) electrons. The Hall–Kier alpha value is -4.11. The van der Waals surface area contributed by atoms with Crippen LogP contribution in [0.5, 0.6) is 0 Å². The average molecular weight is 382 g/mol. The number of nitriles is 1. The highest BCUT2D eigenvalue weighted by Gasteiger charge is 2.33. The largest absolute Gasteiger partial charge is 0.351 e. The first-order valence-electron chi connectivity index (χ1n) is 9.12. The maximum Gasteiger partial charge on any atom is 0.315 e. The molecule has 0 saturated carbocycles. The van der Waals surface area contributed by atoms with E-state index in [-0.39, 0.29) is 11.9 Å². The van der Waals surface area contributed by atoms with Crippen LogP contribution in [0.15, 0.2) is 72.8 Å². The Kier molecular flexibility index (Phi) is 4.71. The van der Waals surface area contributed by atoms with Crippen LogP contribution in [0, 0.1) is 11.3 Å². The lowest BCUT2D eigenvalue weighted by atomic mass is 9.97. The second kappa shape index (κ2) is 7.49. The molecule has 142 valence electrons. The SMILES string of the molecule is N#Cc1ccc(NC(=O)c2ccc(C3c4ccccc4CN3C(N)=O)cc2)cc1. The van der Waals surface area contributed by atoms with Gasteiger partial charge in [0.1, 0.15) is 0 Å². The third-order valence-corrected chi connectivity index (χ3v) is 5.05. The van der Waals surface area contributed by atoms with Gasteiger partial charge in [0.2, 0.25) is 0 Å². The maximum absolute atomic E-state index is 12.5. The van der Waals surface area contributed by atoms with Gasteiger partial charge in [0, 0.05) is 17.8 Å².